The molecule has 0 saturated heterocycles. The number of halogens is 1. The number of nitro benzene ring substituents is 1. The number of nitrogens with one attached hydrogen (secondary N) is 2. The fourth-order valence-corrected chi connectivity index (χ4v) is 3.43. The Morgan fingerprint density at radius 2 is 1.96 bits per heavy atom. The molecule has 0 unspecified atom stereocenters. The van der Waals surface area contributed by atoms with E-state index in [-0.39, 0.29) is 41.0 Å². The number of nitro groups is 1. The van der Waals surface area contributed by atoms with Crippen molar-refractivity contribution in [1.82, 2.24) is 15.5 Å². The number of nitrogens with zero attached hydrogens (tertiary/aromatic N) is 3. The Hall–Kier alpha value is -1.91. The molecule has 0 spiro atoms. The van der Waals surface area contributed by atoms with Gasteiger partial charge in [0.05, 0.1) is 10.3 Å². The summed E-state index contributed by atoms with van der Waals surface area (Å²) in [5.41, 5.74) is 0.475. The van der Waals surface area contributed by atoms with Crippen molar-refractivity contribution in [2.24, 2.45) is 10.4 Å². The van der Waals surface area contributed by atoms with Crippen LogP contribution in [0, 0.1) is 15.5 Å². The first kappa shape index (κ1) is 23.1. The molecule has 0 radical (unpaired) electrons. The standard InChI is InChI=1S/C18H27N5O3.HI/c1-19-17(20-12-14-7-6-8-15(11-14)23(25)26)21-13-18(9-4-5-10-18)16(24)22(2)3;/h6-8,11H,4-5,9-10,12-13H2,1-3H3,(H2,19,20,21);1H. The molecule has 0 aliphatic heterocycles. The van der Waals surface area contributed by atoms with Crippen LogP contribution in [0.2, 0.25) is 0 Å². The van der Waals surface area contributed by atoms with Crippen LogP contribution in [-0.4, -0.2) is 49.4 Å². The van der Waals surface area contributed by atoms with E-state index in [0.29, 0.717) is 19.0 Å². The average Bonchev–Trinajstić information content (AvgIpc) is 3.11. The van der Waals surface area contributed by atoms with Gasteiger partial charge in [0, 0.05) is 46.4 Å². The Labute approximate surface area is 177 Å². The highest BCUT2D eigenvalue weighted by atomic mass is 127. The first-order chi connectivity index (χ1) is 12.4. The van der Waals surface area contributed by atoms with E-state index in [4.69, 9.17) is 0 Å². The molecule has 0 heterocycles. The predicted molar refractivity (Wildman–Crippen MR) is 116 cm³/mol. The number of aliphatic imine (C=N–C) groups is 1. The lowest BCUT2D eigenvalue weighted by Crippen LogP contribution is -2.49. The average molecular weight is 489 g/mol. The molecular weight excluding hydrogens is 461 g/mol. The Morgan fingerprint density at radius 3 is 2.52 bits per heavy atom. The van der Waals surface area contributed by atoms with Gasteiger partial charge in [-0.25, -0.2) is 0 Å². The van der Waals surface area contributed by atoms with Crippen molar-refractivity contribution in [3.63, 3.8) is 0 Å². The summed E-state index contributed by atoms with van der Waals surface area (Å²) in [6, 6.07) is 6.48. The van der Waals surface area contributed by atoms with Crippen molar-refractivity contribution in [3.8, 4) is 0 Å². The third-order valence-corrected chi connectivity index (χ3v) is 4.82. The smallest absolute Gasteiger partial charge is 0.269 e. The quantitative estimate of drug-likeness (QED) is 0.210. The van der Waals surface area contributed by atoms with Crippen molar-refractivity contribution in [1.29, 1.82) is 0 Å². The molecule has 1 fully saturated rings. The van der Waals surface area contributed by atoms with Crippen LogP contribution in [0.1, 0.15) is 31.2 Å². The van der Waals surface area contributed by atoms with Crippen molar-refractivity contribution in [3.05, 3.63) is 39.9 Å². The van der Waals surface area contributed by atoms with Gasteiger partial charge in [-0.15, -0.1) is 24.0 Å². The first-order valence-electron chi connectivity index (χ1n) is 8.77. The molecule has 1 aliphatic carbocycles. The molecule has 1 aromatic carbocycles. The lowest BCUT2D eigenvalue weighted by Gasteiger charge is -2.31. The van der Waals surface area contributed by atoms with E-state index in [1.54, 1.807) is 32.1 Å². The number of non-ortho nitro benzene ring substituents is 1. The summed E-state index contributed by atoms with van der Waals surface area (Å²) in [5, 5.41) is 17.3. The molecule has 1 aliphatic rings. The van der Waals surface area contributed by atoms with Crippen LogP contribution in [0.15, 0.2) is 29.3 Å². The zero-order valence-corrected chi connectivity index (χ0v) is 18.4. The van der Waals surface area contributed by atoms with Gasteiger partial charge < -0.3 is 15.5 Å². The zero-order valence-electron chi connectivity index (χ0n) is 16.0. The third-order valence-electron chi connectivity index (χ3n) is 4.82. The number of hydrogen-bond acceptors (Lipinski definition) is 4. The highest BCUT2D eigenvalue weighted by Gasteiger charge is 2.42. The number of hydrogen-bond donors (Lipinski definition) is 2. The van der Waals surface area contributed by atoms with Gasteiger partial charge in [0.2, 0.25) is 5.91 Å². The number of guanidine groups is 1. The molecule has 2 N–H and O–H groups in total. The Kier molecular flexibility index (Phi) is 8.94. The fourth-order valence-electron chi connectivity index (χ4n) is 3.43. The van der Waals surface area contributed by atoms with Crippen LogP contribution in [0.25, 0.3) is 0 Å². The second-order valence-electron chi connectivity index (χ2n) is 6.89. The topological polar surface area (TPSA) is 99.9 Å². The van der Waals surface area contributed by atoms with Crippen LogP contribution >= 0.6 is 24.0 Å². The van der Waals surface area contributed by atoms with Gasteiger partial charge in [-0.1, -0.05) is 25.0 Å². The summed E-state index contributed by atoms with van der Waals surface area (Å²) in [6.07, 6.45) is 3.86. The maximum atomic E-state index is 12.6. The molecule has 27 heavy (non-hydrogen) atoms. The van der Waals surface area contributed by atoms with Crippen molar-refractivity contribution < 1.29 is 9.72 Å². The first-order valence-corrected chi connectivity index (χ1v) is 8.77. The van der Waals surface area contributed by atoms with Crippen molar-refractivity contribution >= 4 is 41.5 Å². The zero-order chi connectivity index (χ0) is 19.2. The maximum absolute atomic E-state index is 12.6. The summed E-state index contributed by atoms with van der Waals surface area (Å²) in [5.74, 6) is 0.728. The minimum atomic E-state index is -0.409. The van der Waals surface area contributed by atoms with Crippen LogP contribution in [0.5, 0.6) is 0 Å². The predicted octanol–water partition coefficient (Wildman–Crippen LogP) is 2.53. The minimum absolute atomic E-state index is 0. The van der Waals surface area contributed by atoms with Gasteiger partial charge in [-0.3, -0.25) is 19.9 Å². The van der Waals surface area contributed by atoms with Crippen LogP contribution in [-0.2, 0) is 11.3 Å². The highest BCUT2D eigenvalue weighted by Crippen LogP contribution is 2.38. The second-order valence-corrected chi connectivity index (χ2v) is 6.89. The molecule has 1 amide bonds. The molecule has 9 heteroatoms. The van der Waals surface area contributed by atoms with Crippen LogP contribution < -0.4 is 10.6 Å². The van der Waals surface area contributed by atoms with Gasteiger partial charge in [0.25, 0.3) is 5.69 Å². The normalized spacial score (nSPS) is 15.6. The Bertz CT molecular complexity index is 687. The third kappa shape index (κ3) is 6.05. The van der Waals surface area contributed by atoms with Gasteiger partial charge >= 0.3 is 0 Å². The molecule has 150 valence electrons. The van der Waals surface area contributed by atoms with Gasteiger partial charge in [0.1, 0.15) is 0 Å². The van der Waals surface area contributed by atoms with E-state index in [0.717, 1.165) is 31.2 Å². The van der Waals surface area contributed by atoms with E-state index in [1.165, 1.54) is 12.1 Å². The molecule has 2 rings (SSSR count). The van der Waals surface area contributed by atoms with Crippen LogP contribution in [0.4, 0.5) is 5.69 Å². The summed E-state index contributed by atoms with van der Waals surface area (Å²) in [4.78, 5) is 28.9. The van der Waals surface area contributed by atoms with E-state index >= 15 is 0 Å². The summed E-state index contributed by atoms with van der Waals surface area (Å²) >= 11 is 0. The van der Waals surface area contributed by atoms with Gasteiger partial charge in [-0.2, -0.15) is 0 Å². The van der Waals surface area contributed by atoms with E-state index in [9.17, 15) is 14.9 Å². The molecule has 0 atom stereocenters. The largest absolute Gasteiger partial charge is 0.355 e. The Morgan fingerprint density at radius 1 is 1.30 bits per heavy atom. The van der Waals surface area contributed by atoms with Gasteiger partial charge in [0.15, 0.2) is 5.96 Å². The number of carbonyl (C=O) groups excluding carboxylic acids is 1. The number of rotatable bonds is 6. The lowest BCUT2D eigenvalue weighted by molar-refractivity contribution is -0.384. The minimum Gasteiger partial charge on any atom is -0.355 e. The van der Waals surface area contributed by atoms with E-state index in [1.807, 2.05) is 6.07 Å². The lowest BCUT2D eigenvalue weighted by atomic mass is 9.84. The molecule has 1 aromatic rings. The second kappa shape index (κ2) is 10.4. The Balaban J connectivity index is 0.00000364. The monoisotopic (exact) mass is 489 g/mol. The fraction of sp³-hybridized carbons (Fsp3) is 0.556. The highest BCUT2D eigenvalue weighted by molar-refractivity contribution is 14.0. The van der Waals surface area contributed by atoms with Crippen molar-refractivity contribution in [2.75, 3.05) is 27.7 Å². The summed E-state index contributed by atoms with van der Waals surface area (Å²) in [6.45, 7) is 0.939. The maximum Gasteiger partial charge on any atom is 0.269 e. The number of carbonyl (C=O) groups is 1. The summed E-state index contributed by atoms with van der Waals surface area (Å²) in [7, 11) is 5.24. The number of amides is 1. The molecule has 0 bridgehead atoms. The summed E-state index contributed by atoms with van der Waals surface area (Å²) < 4.78 is 0. The van der Waals surface area contributed by atoms with Crippen molar-refractivity contribution in [2.45, 2.75) is 32.2 Å². The SMILES string of the molecule is CN=C(NCc1cccc([N+](=O)[O-])c1)NCC1(C(=O)N(C)C)CCCC1.I. The molecule has 0 aromatic heterocycles. The molecule has 1 saturated carbocycles. The molecule has 8 nitrogen and oxygen atoms in total. The number of benzene rings is 1. The molecular formula is C18H28IN5O3. The van der Waals surface area contributed by atoms with Crippen LogP contribution in [0.3, 0.4) is 0 Å². The van der Waals surface area contributed by atoms with Gasteiger partial charge in [-0.05, 0) is 18.4 Å². The van der Waals surface area contributed by atoms with E-state index < -0.39 is 4.92 Å². The van der Waals surface area contributed by atoms with E-state index in [2.05, 4.69) is 15.6 Å².